The summed E-state index contributed by atoms with van der Waals surface area (Å²) >= 11 is 1.73. The van der Waals surface area contributed by atoms with Gasteiger partial charge in [-0.15, -0.1) is 0 Å². The van der Waals surface area contributed by atoms with E-state index in [2.05, 4.69) is 0 Å². The summed E-state index contributed by atoms with van der Waals surface area (Å²) in [6.07, 6.45) is 6.94. The fourth-order valence-corrected chi connectivity index (χ4v) is 2.71. The van der Waals surface area contributed by atoms with E-state index in [4.69, 9.17) is 5.11 Å². The molecule has 2 nitrogen and oxygen atoms in total. The molecule has 1 rings (SSSR count). The van der Waals surface area contributed by atoms with Crippen LogP contribution >= 0.6 is 11.8 Å². The van der Waals surface area contributed by atoms with E-state index in [0.29, 0.717) is 6.42 Å². The molecule has 0 aromatic heterocycles. The molecule has 0 heterocycles. The van der Waals surface area contributed by atoms with Gasteiger partial charge in [0.15, 0.2) is 0 Å². The highest BCUT2D eigenvalue weighted by Gasteiger charge is 2.34. The van der Waals surface area contributed by atoms with Crippen LogP contribution in [-0.4, -0.2) is 22.1 Å². The van der Waals surface area contributed by atoms with Crippen LogP contribution in [0.1, 0.15) is 32.1 Å². The Hall–Kier alpha value is -0.180. The molecule has 11 heavy (non-hydrogen) atoms. The summed E-state index contributed by atoms with van der Waals surface area (Å²) in [6, 6.07) is 0. The lowest BCUT2D eigenvalue weighted by molar-refractivity contribution is -0.137. The molecule has 0 amide bonds. The van der Waals surface area contributed by atoms with Gasteiger partial charge in [0.05, 0.1) is 6.42 Å². The summed E-state index contributed by atoms with van der Waals surface area (Å²) in [5.74, 6) is -0.652. The quantitative estimate of drug-likeness (QED) is 0.712. The summed E-state index contributed by atoms with van der Waals surface area (Å²) in [7, 11) is 0. The maximum atomic E-state index is 10.5. The minimum atomic E-state index is -0.652. The largest absolute Gasteiger partial charge is 0.481 e. The molecule has 1 N–H and O–H groups in total. The van der Waals surface area contributed by atoms with Crippen molar-refractivity contribution in [3.63, 3.8) is 0 Å². The van der Waals surface area contributed by atoms with Gasteiger partial charge in [-0.1, -0.05) is 12.8 Å². The fourth-order valence-electron chi connectivity index (χ4n) is 1.75. The smallest absolute Gasteiger partial charge is 0.304 e. The van der Waals surface area contributed by atoms with Crippen molar-refractivity contribution < 1.29 is 9.90 Å². The Morgan fingerprint density at radius 2 is 2.09 bits per heavy atom. The molecule has 0 bridgehead atoms. The van der Waals surface area contributed by atoms with E-state index < -0.39 is 5.97 Å². The molecular formula is C8H14O2S. The van der Waals surface area contributed by atoms with Crippen LogP contribution < -0.4 is 0 Å². The molecule has 1 fully saturated rings. The molecule has 0 radical (unpaired) electrons. The molecule has 1 aliphatic carbocycles. The van der Waals surface area contributed by atoms with Gasteiger partial charge in [0.1, 0.15) is 0 Å². The predicted molar refractivity (Wildman–Crippen MR) is 47.0 cm³/mol. The van der Waals surface area contributed by atoms with Crippen molar-refractivity contribution >= 4 is 17.7 Å². The standard InChI is InChI=1S/C8H14O2S/c1-11-8(6-7(9)10)4-2-3-5-8/h2-6H2,1H3,(H,9,10). The molecule has 1 saturated carbocycles. The molecule has 0 spiro atoms. The monoisotopic (exact) mass is 174 g/mol. The number of hydrogen-bond acceptors (Lipinski definition) is 2. The number of rotatable bonds is 3. The average Bonchev–Trinajstić information content (AvgIpc) is 2.36. The Balaban J connectivity index is 2.52. The van der Waals surface area contributed by atoms with Gasteiger partial charge in [0.2, 0.25) is 0 Å². The third-order valence-electron chi connectivity index (χ3n) is 2.42. The van der Waals surface area contributed by atoms with Crippen molar-refractivity contribution in [2.24, 2.45) is 0 Å². The minimum absolute atomic E-state index is 0.0752. The average molecular weight is 174 g/mol. The first-order chi connectivity index (χ1) is 5.18. The van der Waals surface area contributed by atoms with Crippen LogP contribution in [0.5, 0.6) is 0 Å². The molecule has 3 heteroatoms. The highest BCUT2D eigenvalue weighted by Crippen LogP contribution is 2.42. The zero-order valence-corrected chi connectivity index (χ0v) is 7.62. The maximum Gasteiger partial charge on any atom is 0.304 e. The molecule has 0 aromatic carbocycles. The first kappa shape index (κ1) is 8.91. The number of carboxylic acid groups (broad SMARTS) is 1. The van der Waals surface area contributed by atoms with Crippen LogP contribution in [-0.2, 0) is 4.79 Å². The summed E-state index contributed by atoms with van der Waals surface area (Å²) in [4.78, 5) is 10.5. The van der Waals surface area contributed by atoms with E-state index >= 15 is 0 Å². The second kappa shape index (κ2) is 3.48. The van der Waals surface area contributed by atoms with Gasteiger partial charge >= 0.3 is 5.97 Å². The second-order valence-corrected chi connectivity index (χ2v) is 4.44. The molecule has 1 aliphatic rings. The Labute approximate surface area is 71.4 Å². The minimum Gasteiger partial charge on any atom is -0.481 e. The van der Waals surface area contributed by atoms with Gasteiger partial charge in [0, 0.05) is 4.75 Å². The van der Waals surface area contributed by atoms with E-state index in [-0.39, 0.29) is 4.75 Å². The van der Waals surface area contributed by atoms with Gasteiger partial charge in [-0.2, -0.15) is 11.8 Å². The van der Waals surface area contributed by atoms with Crippen LogP contribution in [0.25, 0.3) is 0 Å². The molecule has 0 aromatic rings. The number of hydrogen-bond donors (Lipinski definition) is 1. The normalized spacial score (nSPS) is 21.9. The Morgan fingerprint density at radius 3 is 2.45 bits per heavy atom. The Morgan fingerprint density at radius 1 is 1.55 bits per heavy atom. The zero-order valence-electron chi connectivity index (χ0n) is 6.80. The fraction of sp³-hybridized carbons (Fsp3) is 0.875. The topological polar surface area (TPSA) is 37.3 Å². The lowest BCUT2D eigenvalue weighted by atomic mass is 10.0. The van der Waals surface area contributed by atoms with Crippen molar-refractivity contribution in [3.05, 3.63) is 0 Å². The second-order valence-electron chi connectivity index (χ2n) is 3.16. The van der Waals surface area contributed by atoms with E-state index in [1.54, 1.807) is 11.8 Å². The summed E-state index contributed by atoms with van der Waals surface area (Å²) in [5.41, 5.74) is 0. The maximum absolute atomic E-state index is 10.5. The van der Waals surface area contributed by atoms with Gasteiger partial charge < -0.3 is 5.11 Å². The van der Waals surface area contributed by atoms with E-state index in [0.717, 1.165) is 12.8 Å². The lowest BCUT2D eigenvalue weighted by Crippen LogP contribution is -2.23. The third-order valence-corrected chi connectivity index (χ3v) is 3.84. The van der Waals surface area contributed by atoms with Crippen molar-refractivity contribution in [2.45, 2.75) is 36.9 Å². The SMILES string of the molecule is CSC1(CC(=O)O)CCCC1. The third kappa shape index (κ3) is 2.12. The van der Waals surface area contributed by atoms with Crippen LogP contribution in [0.15, 0.2) is 0 Å². The Bertz CT molecular complexity index is 150. The van der Waals surface area contributed by atoms with E-state index in [1.165, 1.54) is 12.8 Å². The molecule has 64 valence electrons. The number of aliphatic carboxylic acids is 1. The van der Waals surface area contributed by atoms with Crippen LogP contribution in [0.2, 0.25) is 0 Å². The first-order valence-corrected chi connectivity index (χ1v) is 5.18. The van der Waals surface area contributed by atoms with Gasteiger partial charge in [-0.05, 0) is 19.1 Å². The van der Waals surface area contributed by atoms with Crippen LogP contribution in [0, 0.1) is 0 Å². The van der Waals surface area contributed by atoms with Gasteiger partial charge in [-0.25, -0.2) is 0 Å². The van der Waals surface area contributed by atoms with Crippen molar-refractivity contribution in [2.75, 3.05) is 6.26 Å². The van der Waals surface area contributed by atoms with Crippen LogP contribution in [0.4, 0.5) is 0 Å². The predicted octanol–water partition coefficient (Wildman–Crippen LogP) is 2.14. The molecular weight excluding hydrogens is 160 g/mol. The summed E-state index contributed by atoms with van der Waals surface area (Å²) in [6.45, 7) is 0. The van der Waals surface area contributed by atoms with Crippen molar-refractivity contribution in [1.29, 1.82) is 0 Å². The molecule has 0 unspecified atom stereocenters. The number of carbonyl (C=O) groups is 1. The zero-order chi connectivity index (χ0) is 8.32. The van der Waals surface area contributed by atoms with E-state index in [9.17, 15) is 4.79 Å². The van der Waals surface area contributed by atoms with Crippen molar-refractivity contribution in [3.8, 4) is 0 Å². The molecule has 0 atom stereocenters. The highest BCUT2D eigenvalue weighted by molar-refractivity contribution is 8.00. The number of thioether (sulfide) groups is 1. The summed E-state index contributed by atoms with van der Waals surface area (Å²) < 4.78 is 0.0752. The highest BCUT2D eigenvalue weighted by atomic mass is 32.2. The first-order valence-electron chi connectivity index (χ1n) is 3.95. The van der Waals surface area contributed by atoms with Crippen LogP contribution in [0.3, 0.4) is 0 Å². The summed E-state index contributed by atoms with van der Waals surface area (Å²) in [5, 5.41) is 8.66. The van der Waals surface area contributed by atoms with E-state index in [1.807, 2.05) is 6.26 Å². The number of carboxylic acids is 1. The van der Waals surface area contributed by atoms with Gasteiger partial charge in [-0.3, -0.25) is 4.79 Å². The lowest BCUT2D eigenvalue weighted by Gasteiger charge is -2.23. The molecule has 0 saturated heterocycles. The van der Waals surface area contributed by atoms with Gasteiger partial charge in [0.25, 0.3) is 0 Å². The molecule has 0 aliphatic heterocycles. The Kier molecular flexibility index (Phi) is 2.82. The van der Waals surface area contributed by atoms with Crippen molar-refractivity contribution in [1.82, 2.24) is 0 Å².